The van der Waals surface area contributed by atoms with Gasteiger partial charge >= 0.3 is 0 Å². The number of hydrogen-bond donors (Lipinski definition) is 1. The van der Waals surface area contributed by atoms with Gasteiger partial charge in [0, 0.05) is 0 Å². The Morgan fingerprint density at radius 3 is 2.47 bits per heavy atom. The molecule has 0 atom stereocenters. The molecule has 0 aliphatic carbocycles. The van der Waals surface area contributed by atoms with E-state index in [1.807, 2.05) is 66.7 Å². The second kappa shape index (κ2) is 9.39. The van der Waals surface area contributed by atoms with Crippen molar-refractivity contribution in [1.82, 2.24) is 5.32 Å². The van der Waals surface area contributed by atoms with E-state index >= 15 is 0 Å². The third-order valence-electron chi connectivity index (χ3n) is 4.21. The number of aliphatic imine (C=N–C) groups is 1. The van der Waals surface area contributed by atoms with Crippen LogP contribution in [0.1, 0.15) is 11.1 Å². The van der Waals surface area contributed by atoms with Crippen LogP contribution in [0.2, 0.25) is 10.0 Å². The molecular weight excluding hydrogens is 439 g/mol. The predicted octanol–water partition coefficient (Wildman–Crippen LogP) is 6.46. The quantitative estimate of drug-likeness (QED) is 0.449. The molecule has 1 aliphatic heterocycles. The number of para-hydroxylation sites is 1. The molecule has 1 amide bonds. The number of nitrogens with zero attached hydrogens (tertiary/aromatic N) is 1. The molecule has 0 bridgehead atoms. The third-order valence-corrected chi connectivity index (χ3v) is 5.85. The van der Waals surface area contributed by atoms with Crippen LogP contribution in [0.5, 0.6) is 5.75 Å². The van der Waals surface area contributed by atoms with Gasteiger partial charge in [0.25, 0.3) is 5.91 Å². The van der Waals surface area contributed by atoms with E-state index < -0.39 is 0 Å². The molecule has 1 aliphatic rings. The van der Waals surface area contributed by atoms with Crippen LogP contribution in [0, 0.1) is 0 Å². The van der Waals surface area contributed by atoms with E-state index in [1.54, 1.807) is 12.1 Å². The van der Waals surface area contributed by atoms with Crippen molar-refractivity contribution in [3.05, 3.63) is 98.9 Å². The number of rotatable bonds is 5. The van der Waals surface area contributed by atoms with Gasteiger partial charge in [-0.05, 0) is 65.4 Å². The molecule has 4 rings (SSSR count). The Morgan fingerprint density at radius 2 is 1.73 bits per heavy atom. The fourth-order valence-corrected chi connectivity index (χ4v) is 3.87. The fraction of sp³-hybridized carbons (Fsp3) is 0.0435. The SMILES string of the molecule is O=C1NC(=Nc2ccccc2)S/C1=C\c1ccc(OCc2ccc(Cl)c(Cl)c2)cc1. The first-order valence-corrected chi connectivity index (χ1v) is 10.7. The maximum Gasteiger partial charge on any atom is 0.264 e. The lowest BCUT2D eigenvalue weighted by molar-refractivity contribution is -0.115. The molecule has 0 radical (unpaired) electrons. The second-order valence-electron chi connectivity index (χ2n) is 6.42. The van der Waals surface area contributed by atoms with Gasteiger partial charge in [-0.2, -0.15) is 0 Å². The number of ether oxygens (including phenoxy) is 1. The molecule has 0 aromatic heterocycles. The lowest BCUT2D eigenvalue weighted by Crippen LogP contribution is -2.19. The van der Waals surface area contributed by atoms with Crippen molar-refractivity contribution in [2.24, 2.45) is 4.99 Å². The van der Waals surface area contributed by atoms with E-state index in [0.29, 0.717) is 26.7 Å². The highest BCUT2D eigenvalue weighted by Crippen LogP contribution is 2.28. The van der Waals surface area contributed by atoms with Gasteiger partial charge in [-0.1, -0.05) is 59.6 Å². The van der Waals surface area contributed by atoms with Crippen LogP contribution >= 0.6 is 35.0 Å². The highest BCUT2D eigenvalue weighted by Gasteiger charge is 2.23. The molecule has 1 saturated heterocycles. The standard InChI is InChI=1S/C23H16Cl2N2O2S/c24-19-11-8-16(12-20(19)25)14-29-18-9-6-15(7-10-18)13-21-22(28)27-23(30-21)26-17-4-2-1-3-5-17/h1-13H,14H2,(H,26,27,28)/b21-13-. The number of halogens is 2. The molecular formula is C23H16Cl2N2O2S. The van der Waals surface area contributed by atoms with Gasteiger partial charge < -0.3 is 10.1 Å². The number of carbonyl (C=O) groups excluding carboxylic acids is 1. The second-order valence-corrected chi connectivity index (χ2v) is 8.27. The van der Waals surface area contributed by atoms with Crippen molar-refractivity contribution in [2.75, 3.05) is 0 Å². The van der Waals surface area contributed by atoms with Gasteiger partial charge in [0.05, 0.1) is 20.6 Å². The van der Waals surface area contributed by atoms with Gasteiger partial charge in [-0.25, -0.2) is 4.99 Å². The van der Waals surface area contributed by atoms with Gasteiger partial charge in [0.2, 0.25) is 0 Å². The highest BCUT2D eigenvalue weighted by atomic mass is 35.5. The van der Waals surface area contributed by atoms with Crippen LogP contribution < -0.4 is 10.1 Å². The number of nitrogens with one attached hydrogen (secondary N) is 1. The first-order valence-electron chi connectivity index (χ1n) is 9.08. The molecule has 4 nitrogen and oxygen atoms in total. The molecule has 3 aromatic carbocycles. The zero-order valence-electron chi connectivity index (χ0n) is 15.6. The fourth-order valence-electron chi connectivity index (χ4n) is 2.71. The number of amides is 1. The van der Waals surface area contributed by atoms with Crippen LogP contribution in [0.4, 0.5) is 5.69 Å². The molecule has 0 saturated carbocycles. The summed E-state index contributed by atoms with van der Waals surface area (Å²) in [5, 5.41) is 4.38. The summed E-state index contributed by atoms with van der Waals surface area (Å²) >= 11 is 13.3. The summed E-state index contributed by atoms with van der Waals surface area (Å²) in [7, 11) is 0. The normalized spacial score (nSPS) is 16.1. The average molecular weight is 455 g/mol. The first kappa shape index (κ1) is 20.5. The largest absolute Gasteiger partial charge is 0.489 e. The van der Waals surface area contributed by atoms with Crippen LogP contribution in [0.3, 0.4) is 0 Å². The highest BCUT2D eigenvalue weighted by molar-refractivity contribution is 8.18. The third kappa shape index (κ3) is 5.25. The minimum Gasteiger partial charge on any atom is -0.489 e. The van der Waals surface area contributed by atoms with E-state index in [4.69, 9.17) is 27.9 Å². The zero-order chi connectivity index (χ0) is 20.9. The van der Waals surface area contributed by atoms with E-state index in [2.05, 4.69) is 10.3 Å². The molecule has 1 fully saturated rings. The summed E-state index contributed by atoms with van der Waals surface area (Å²) in [4.78, 5) is 17.3. The molecule has 1 heterocycles. The van der Waals surface area contributed by atoms with Crippen LogP contribution in [-0.2, 0) is 11.4 Å². The number of thioether (sulfide) groups is 1. The number of amidine groups is 1. The van der Waals surface area contributed by atoms with Crippen molar-refractivity contribution in [2.45, 2.75) is 6.61 Å². The zero-order valence-corrected chi connectivity index (χ0v) is 18.0. The van der Waals surface area contributed by atoms with Gasteiger partial charge in [-0.15, -0.1) is 0 Å². The van der Waals surface area contributed by atoms with Gasteiger partial charge in [0.15, 0.2) is 5.17 Å². The topological polar surface area (TPSA) is 50.7 Å². The van der Waals surface area contributed by atoms with Crippen molar-refractivity contribution >= 4 is 57.8 Å². The minimum atomic E-state index is -0.158. The van der Waals surface area contributed by atoms with Crippen LogP contribution in [-0.4, -0.2) is 11.1 Å². The molecule has 1 N–H and O–H groups in total. The minimum absolute atomic E-state index is 0.158. The number of hydrogen-bond acceptors (Lipinski definition) is 4. The molecule has 3 aromatic rings. The van der Waals surface area contributed by atoms with E-state index in [9.17, 15) is 4.79 Å². The predicted molar refractivity (Wildman–Crippen MR) is 124 cm³/mol. The Balaban J connectivity index is 1.40. The summed E-state index contributed by atoms with van der Waals surface area (Å²) < 4.78 is 5.79. The summed E-state index contributed by atoms with van der Waals surface area (Å²) in [6.07, 6.45) is 1.83. The monoisotopic (exact) mass is 454 g/mol. The van der Waals surface area contributed by atoms with E-state index in [0.717, 1.165) is 22.6 Å². The van der Waals surface area contributed by atoms with E-state index in [-0.39, 0.29) is 5.91 Å². The molecule has 150 valence electrons. The Labute approximate surface area is 188 Å². The van der Waals surface area contributed by atoms with Crippen molar-refractivity contribution in [3.63, 3.8) is 0 Å². The Bertz CT molecular complexity index is 1130. The number of benzene rings is 3. The molecule has 0 spiro atoms. The Morgan fingerprint density at radius 1 is 0.967 bits per heavy atom. The van der Waals surface area contributed by atoms with E-state index in [1.165, 1.54) is 11.8 Å². The Hall–Kier alpha value is -2.73. The smallest absolute Gasteiger partial charge is 0.264 e. The molecule has 0 unspecified atom stereocenters. The van der Waals surface area contributed by atoms with Gasteiger partial charge in [0.1, 0.15) is 12.4 Å². The maximum atomic E-state index is 12.2. The average Bonchev–Trinajstić information content (AvgIpc) is 3.09. The summed E-state index contributed by atoms with van der Waals surface area (Å²) in [5.41, 5.74) is 2.63. The Kier molecular flexibility index (Phi) is 6.43. The van der Waals surface area contributed by atoms with Crippen molar-refractivity contribution < 1.29 is 9.53 Å². The van der Waals surface area contributed by atoms with Crippen molar-refractivity contribution in [3.8, 4) is 5.75 Å². The maximum absolute atomic E-state index is 12.2. The number of carbonyl (C=O) groups is 1. The lowest BCUT2D eigenvalue weighted by Gasteiger charge is -2.07. The molecule has 7 heteroatoms. The summed E-state index contributed by atoms with van der Waals surface area (Å²) in [6.45, 7) is 0.384. The molecule has 30 heavy (non-hydrogen) atoms. The van der Waals surface area contributed by atoms with Crippen molar-refractivity contribution in [1.29, 1.82) is 0 Å². The van der Waals surface area contributed by atoms with Crippen LogP contribution in [0.15, 0.2) is 82.7 Å². The summed E-state index contributed by atoms with van der Waals surface area (Å²) in [6, 6.07) is 22.4. The van der Waals surface area contributed by atoms with Gasteiger partial charge in [-0.3, -0.25) is 4.79 Å². The first-order chi connectivity index (χ1) is 14.6. The lowest BCUT2D eigenvalue weighted by atomic mass is 10.2. The summed E-state index contributed by atoms with van der Waals surface area (Å²) in [5.74, 6) is 0.563. The van der Waals surface area contributed by atoms with Crippen LogP contribution in [0.25, 0.3) is 6.08 Å².